The van der Waals surface area contributed by atoms with Gasteiger partial charge in [0.15, 0.2) is 0 Å². The first-order valence-corrected chi connectivity index (χ1v) is 13.2. The van der Waals surface area contributed by atoms with Gasteiger partial charge in [0.25, 0.3) is 0 Å². The highest BCUT2D eigenvalue weighted by Gasteiger charge is 2.52. The minimum Gasteiger partial charge on any atom is -0.445 e. The molecule has 184 valence electrons. The Balaban J connectivity index is 1.70. The smallest absolute Gasteiger partial charge is 0.445 e. The quantitative estimate of drug-likeness (QED) is 0.282. The molecule has 2 aromatic rings. The van der Waals surface area contributed by atoms with Crippen LogP contribution >= 0.6 is 11.3 Å². The molecule has 1 amide bonds. The zero-order valence-corrected chi connectivity index (χ0v) is 22.0. The van der Waals surface area contributed by atoms with Crippen molar-refractivity contribution in [2.24, 2.45) is 0 Å². The lowest BCUT2D eigenvalue weighted by atomic mass is 9.77. The summed E-state index contributed by atoms with van der Waals surface area (Å²) in [6.45, 7) is 10.9. The van der Waals surface area contributed by atoms with Crippen LogP contribution in [0.5, 0.6) is 0 Å². The van der Waals surface area contributed by atoms with E-state index in [0.717, 1.165) is 17.5 Å². The fourth-order valence-electron chi connectivity index (χ4n) is 3.74. The number of ether oxygens (including phenoxy) is 1. The topological polar surface area (TPSA) is 56.8 Å². The Kier molecular flexibility index (Phi) is 9.40. The molecule has 1 saturated heterocycles. The van der Waals surface area contributed by atoms with Crippen LogP contribution in [-0.2, 0) is 27.1 Å². The van der Waals surface area contributed by atoms with Gasteiger partial charge in [-0.2, -0.15) is 0 Å². The van der Waals surface area contributed by atoms with Crippen LogP contribution in [0.2, 0.25) is 0 Å². The van der Waals surface area contributed by atoms with Gasteiger partial charge in [-0.15, -0.1) is 11.3 Å². The number of alkyl carbamates (subject to hydrolysis) is 1. The largest absolute Gasteiger partial charge is 0.492 e. The van der Waals surface area contributed by atoms with E-state index in [1.54, 1.807) is 11.3 Å². The second-order valence-electron chi connectivity index (χ2n) is 9.84. The van der Waals surface area contributed by atoms with E-state index in [1.165, 1.54) is 36.1 Å². The first-order chi connectivity index (χ1) is 16.2. The Bertz CT molecular complexity index is 939. The summed E-state index contributed by atoms with van der Waals surface area (Å²) in [5.74, 6) is 0. The normalized spacial score (nSPS) is 17.1. The van der Waals surface area contributed by atoms with Gasteiger partial charge in [-0.3, -0.25) is 0 Å². The Labute approximate surface area is 209 Å². The van der Waals surface area contributed by atoms with E-state index in [4.69, 9.17) is 14.0 Å². The molecule has 1 aromatic carbocycles. The van der Waals surface area contributed by atoms with Gasteiger partial charge >= 0.3 is 13.2 Å². The van der Waals surface area contributed by atoms with Gasteiger partial charge in [-0.05, 0) is 74.7 Å². The van der Waals surface area contributed by atoms with Gasteiger partial charge in [0.2, 0.25) is 0 Å². The predicted molar refractivity (Wildman–Crippen MR) is 141 cm³/mol. The van der Waals surface area contributed by atoms with E-state index in [9.17, 15) is 4.79 Å². The van der Waals surface area contributed by atoms with Crippen LogP contribution in [0.15, 0.2) is 47.3 Å². The number of thiophene rings is 1. The van der Waals surface area contributed by atoms with Crippen LogP contribution in [0.4, 0.5) is 4.79 Å². The van der Waals surface area contributed by atoms with E-state index in [-0.39, 0.29) is 13.2 Å². The van der Waals surface area contributed by atoms with E-state index >= 15 is 0 Å². The monoisotopic (exact) mass is 483 g/mol. The highest BCUT2D eigenvalue weighted by molar-refractivity contribution is 7.11. The average Bonchev–Trinajstić information content (AvgIpc) is 3.33. The van der Waals surface area contributed by atoms with Crippen molar-refractivity contribution in [1.82, 2.24) is 5.32 Å². The van der Waals surface area contributed by atoms with Gasteiger partial charge in [-0.25, -0.2) is 4.79 Å². The fourth-order valence-corrected chi connectivity index (χ4v) is 4.66. The lowest BCUT2D eigenvalue weighted by molar-refractivity contribution is 0.00578. The summed E-state index contributed by atoms with van der Waals surface area (Å²) in [4.78, 5) is 13.6. The summed E-state index contributed by atoms with van der Waals surface area (Å²) in [7, 11) is -0.533. The summed E-state index contributed by atoms with van der Waals surface area (Å²) in [6.07, 6.45) is 7.64. The summed E-state index contributed by atoms with van der Waals surface area (Å²) < 4.78 is 18.0. The third-order valence-corrected chi connectivity index (χ3v) is 7.51. The molecule has 0 radical (unpaired) electrons. The number of amides is 1. The Morgan fingerprint density at radius 3 is 2.44 bits per heavy atom. The number of rotatable bonds is 11. The molecule has 0 saturated carbocycles. The van der Waals surface area contributed by atoms with Crippen molar-refractivity contribution in [3.63, 3.8) is 0 Å². The molecular weight excluding hydrogens is 445 g/mol. The van der Waals surface area contributed by atoms with E-state index < -0.39 is 24.4 Å². The molecule has 0 unspecified atom stereocenters. The van der Waals surface area contributed by atoms with Crippen molar-refractivity contribution < 1.29 is 18.8 Å². The van der Waals surface area contributed by atoms with Crippen molar-refractivity contribution in [2.45, 2.75) is 84.5 Å². The lowest BCUT2D eigenvalue weighted by Crippen LogP contribution is -2.41. The Hall–Kier alpha value is -2.09. The van der Waals surface area contributed by atoms with Gasteiger partial charge in [-0.1, -0.05) is 56.5 Å². The van der Waals surface area contributed by atoms with Crippen LogP contribution in [-0.4, -0.2) is 31.0 Å². The maximum atomic E-state index is 12.4. The molecule has 3 rings (SSSR count). The van der Waals surface area contributed by atoms with Crippen molar-refractivity contribution in [3.05, 3.63) is 63.3 Å². The Morgan fingerprint density at radius 2 is 1.76 bits per heavy atom. The third kappa shape index (κ3) is 7.21. The molecule has 0 bridgehead atoms. The number of carbonyl (C=O) groups excluding carboxylic acids is 1. The number of benzene rings is 1. The highest BCUT2D eigenvalue weighted by Crippen LogP contribution is 2.39. The van der Waals surface area contributed by atoms with Crippen molar-refractivity contribution in [2.75, 3.05) is 6.54 Å². The maximum Gasteiger partial charge on any atom is 0.492 e. The molecule has 0 atom stereocenters. The van der Waals surface area contributed by atoms with E-state index in [0.29, 0.717) is 0 Å². The SMILES string of the molecule is CCCCCCc1ccsc1C=C(CNC(=O)OCc1ccccc1)B1OC(C)(C)C(C)(C)O1. The van der Waals surface area contributed by atoms with Crippen LogP contribution < -0.4 is 5.32 Å². The van der Waals surface area contributed by atoms with E-state index in [1.807, 2.05) is 58.0 Å². The zero-order chi connectivity index (χ0) is 24.6. The molecule has 0 aliphatic carbocycles. The molecular formula is C27H38BNO4S. The minimum atomic E-state index is -0.533. The van der Waals surface area contributed by atoms with Crippen molar-refractivity contribution >= 4 is 30.6 Å². The number of unbranched alkanes of at least 4 members (excludes halogenated alkanes) is 3. The van der Waals surface area contributed by atoms with Gasteiger partial charge in [0.05, 0.1) is 11.2 Å². The number of nitrogens with one attached hydrogen (secondary N) is 1. The summed E-state index contributed by atoms with van der Waals surface area (Å²) >= 11 is 1.71. The second kappa shape index (κ2) is 12.1. The summed E-state index contributed by atoms with van der Waals surface area (Å²) in [5.41, 5.74) is 2.26. The van der Waals surface area contributed by atoms with Crippen molar-refractivity contribution in [3.8, 4) is 0 Å². The molecule has 1 aromatic heterocycles. The first-order valence-electron chi connectivity index (χ1n) is 12.3. The molecule has 1 aliphatic heterocycles. The Morgan fingerprint density at radius 1 is 1.06 bits per heavy atom. The second-order valence-corrected chi connectivity index (χ2v) is 10.8. The van der Waals surface area contributed by atoms with Crippen LogP contribution in [0, 0.1) is 0 Å². The highest BCUT2D eigenvalue weighted by atomic mass is 32.1. The molecule has 1 N–H and O–H groups in total. The molecule has 34 heavy (non-hydrogen) atoms. The number of hydrogen-bond acceptors (Lipinski definition) is 5. The summed E-state index contributed by atoms with van der Waals surface area (Å²) in [5, 5.41) is 5.02. The predicted octanol–water partition coefficient (Wildman–Crippen LogP) is 6.81. The maximum absolute atomic E-state index is 12.4. The first kappa shape index (κ1) is 26.5. The fraction of sp³-hybridized carbons (Fsp3) is 0.519. The van der Waals surface area contributed by atoms with Crippen LogP contribution in [0.25, 0.3) is 6.08 Å². The number of hydrogen-bond donors (Lipinski definition) is 1. The number of aryl methyl sites for hydroxylation is 1. The molecule has 1 fully saturated rings. The lowest BCUT2D eigenvalue weighted by Gasteiger charge is -2.32. The minimum absolute atomic E-state index is 0.231. The zero-order valence-electron chi connectivity index (χ0n) is 21.2. The van der Waals surface area contributed by atoms with E-state index in [2.05, 4.69) is 29.8 Å². The van der Waals surface area contributed by atoms with Crippen LogP contribution in [0.1, 0.15) is 76.3 Å². The molecule has 7 heteroatoms. The molecule has 5 nitrogen and oxygen atoms in total. The van der Waals surface area contributed by atoms with Gasteiger partial charge in [0.1, 0.15) is 6.61 Å². The third-order valence-electron chi connectivity index (χ3n) is 6.60. The molecule has 0 spiro atoms. The van der Waals surface area contributed by atoms with Gasteiger partial charge in [0, 0.05) is 11.4 Å². The summed E-state index contributed by atoms with van der Waals surface area (Å²) in [6, 6.07) is 11.9. The van der Waals surface area contributed by atoms with Gasteiger partial charge < -0.3 is 19.4 Å². The average molecular weight is 483 g/mol. The molecule has 1 aliphatic rings. The van der Waals surface area contributed by atoms with Crippen LogP contribution in [0.3, 0.4) is 0 Å². The standard InChI is InChI=1S/C27H38BNO4S/c1-6-7-8-12-15-22-16-17-34-24(22)18-23(28-32-26(2,3)27(4,5)33-28)19-29-25(30)31-20-21-13-10-9-11-14-21/h9-11,13-14,16-18H,6-8,12,15,19-20H2,1-5H3,(H,29,30). The van der Waals surface area contributed by atoms with Crippen molar-refractivity contribution in [1.29, 1.82) is 0 Å². The number of carbonyl (C=O) groups is 1. The molecule has 2 heterocycles.